The maximum atomic E-state index is 10.8. The highest BCUT2D eigenvalue weighted by Crippen LogP contribution is 2.42. The molecule has 0 radical (unpaired) electrons. The molecule has 136 valence electrons. The number of nitrogens with two attached hydrogens (primary N) is 1. The zero-order valence-corrected chi connectivity index (χ0v) is 14.8. The van der Waals surface area contributed by atoms with Crippen LogP contribution in [0.1, 0.15) is 48.6 Å². The summed E-state index contributed by atoms with van der Waals surface area (Å²) in [5, 5.41) is 8.70. The predicted octanol–water partition coefficient (Wildman–Crippen LogP) is 3.93. The van der Waals surface area contributed by atoms with Crippen molar-refractivity contribution in [3.8, 4) is 0 Å². The van der Waals surface area contributed by atoms with E-state index in [2.05, 4.69) is 24.3 Å². The number of benzene rings is 2. The lowest BCUT2D eigenvalue weighted by atomic mass is 9.71. The lowest BCUT2D eigenvalue weighted by molar-refractivity contribution is -0.145. The van der Waals surface area contributed by atoms with Crippen LogP contribution < -0.4 is 5.73 Å². The van der Waals surface area contributed by atoms with Crippen molar-refractivity contribution >= 4 is 11.9 Å². The van der Waals surface area contributed by atoms with E-state index in [9.17, 15) is 9.59 Å². The van der Waals surface area contributed by atoms with Gasteiger partial charge in [-0.15, -0.1) is 0 Å². The Morgan fingerprint density at radius 2 is 1.12 bits per heavy atom. The Labute approximate surface area is 154 Å². The van der Waals surface area contributed by atoms with Gasteiger partial charge in [-0.1, -0.05) is 60.7 Å². The standard InChI is InChI=1S/C11H13NO.C11H12O2/c2*12-11(13)10-6-9(7-10)8-4-2-1-3-5-8/h1-5,9-10H,6-7H2,(H2,12,13);1-5,9-10H,6-7H2,(H,12,13). The molecule has 2 aliphatic carbocycles. The molecule has 3 N–H and O–H groups in total. The summed E-state index contributed by atoms with van der Waals surface area (Å²) in [4.78, 5) is 21.3. The fraction of sp³-hybridized carbons (Fsp3) is 0.364. The summed E-state index contributed by atoms with van der Waals surface area (Å²) in [6, 6.07) is 20.4. The van der Waals surface area contributed by atoms with Crippen molar-refractivity contribution in [3.63, 3.8) is 0 Å². The van der Waals surface area contributed by atoms with E-state index >= 15 is 0 Å². The molecule has 4 rings (SSSR count). The number of carboxylic acid groups (broad SMARTS) is 1. The molecule has 2 aromatic carbocycles. The molecule has 26 heavy (non-hydrogen) atoms. The minimum Gasteiger partial charge on any atom is -0.481 e. The maximum Gasteiger partial charge on any atom is 0.306 e. The van der Waals surface area contributed by atoms with Crippen LogP contribution in [0.25, 0.3) is 0 Å². The summed E-state index contributed by atoms with van der Waals surface area (Å²) in [5.41, 5.74) is 7.81. The molecule has 0 aliphatic heterocycles. The minimum absolute atomic E-state index is 0.106. The molecule has 0 atom stereocenters. The molecule has 0 heterocycles. The number of hydrogen-bond donors (Lipinski definition) is 2. The van der Waals surface area contributed by atoms with Gasteiger partial charge in [0, 0.05) is 5.92 Å². The number of primary amides is 1. The smallest absolute Gasteiger partial charge is 0.306 e. The predicted molar refractivity (Wildman–Crippen MR) is 101 cm³/mol. The second kappa shape index (κ2) is 8.17. The molecule has 0 spiro atoms. The summed E-state index contributed by atoms with van der Waals surface area (Å²) in [5.74, 6) is 0.246. The van der Waals surface area contributed by atoms with Crippen LogP contribution in [0.3, 0.4) is 0 Å². The normalized spacial score (nSPS) is 26.5. The van der Waals surface area contributed by atoms with Gasteiger partial charge in [0.2, 0.25) is 5.91 Å². The third-order valence-corrected chi connectivity index (χ3v) is 5.57. The molecule has 4 nitrogen and oxygen atoms in total. The summed E-state index contributed by atoms with van der Waals surface area (Å²) in [7, 11) is 0. The SMILES string of the molecule is NC(=O)C1CC(c2ccccc2)C1.O=C(O)C1CC(c2ccccc2)C1. The van der Waals surface area contributed by atoms with Gasteiger partial charge >= 0.3 is 5.97 Å². The molecule has 2 aliphatic rings. The van der Waals surface area contributed by atoms with Crippen LogP contribution >= 0.6 is 0 Å². The van der Waals surface area contributed by atoms with Gasteiger partial charge in [-0.05, 0) is 48.6 Å². The van der Waals surface area contributed by atoms with Crippen LogP contribution in [-0.4, -0.2) is 17.0 Å². The average molecular weight is 351 g/mol. The Balaban J connectivity index is 0.000000151. The second-order valence-electron chi connectivity index (χ2n) is 7.29. The van der Waals surface area contributed by atoms with Gasteiger partial charge in [0.25, 0.3) is 0 Å². The van der Waals surface area contributed by atoms with Crippen molar-refractivity contribution in [2.45, 2.75) is 37.5 Å². The minimum atomic E-state index is -0.646. The van der Waals surface area contributed by atoms with Crippen molar-refractivity contribution < 1.29 is 14.7 Å². The van der Waals surface area contributed by atoms with Crippen molar-refractivity contribution in [1.82, 2.24) is 0 Å². The Hall–Kier alpha value is -2.62. The topological polar surface area (TPSA) is 80.4 Å². The number of aliphatic carboxylic acids is 1. The fourth-order valence-electron chi connectivity index (χ4n) is 3.66. The third kappa shape index (κ3) is 4.31. The molecule has 4 heteroatoms. The van der Waals surface area contributed by atoms with Crippen molar-refractivity contribution in [2.75, 3.05) is 0 Å². The van der Waals surface area contributed by atoms with E-state index in [1.54, 1.807) is 0 Å². The van der Waals surface area contributed by atoms with Gasteiger partial charge in [-0.3, -0.25) is 9.59 Å². The van der Waals surface area contributed by atoms with E-state index in [1.165, 1.54) is 11.1 Å². The largest absolute Gasteiger partial charge is 0.481 e. The number of carbonyl (C=O) groups is 2. The highest BCUT2D eigenvalue weighted by Gasteiger charge is 2.35. The third-order valence-electron chi connectivity index (χ3n) is 5.57. The quantitative estimate of drug-likeness (QED) is 0.876. The fourth-order valence-corrected chi connectivity index (χ4v) is 3.66. The van der Waals surface area contributed by atoms with Crippen LogP contribution in [0, 0.1) is 11.8 Å². The monoisotopic (exact) mass is 351 g/mol. The molecule has 2 aromatic rings. The van der Waals surface area contributed by atoms with Gasteiger partial charge in [0.1, 0.15) is 0 Å². The molecule has 1 amide bonds. The van der Waals surface area contributed by atoms with Gasteiger partial charge in [-0.25, -0.2) is 0 Å². The zero-order valence-electron chi connectivity index (χ0n) is 14.8. The van der Waals surface area contributed by atoms with Crippen molar-refractivity contribution in [3.05, 3.63) is 71.8 Å². The van der Waals surface area contributed by atoms with Crippen LogP contribution in [0.4, 0.5) is 0 Å². The molecule has 0 bridgehead atoms. The summed E-state index contributed by atoms with van der Waals surface area (Å²) >= 11 is 0. The highest BCUT2D eigenvalue weighted by molar-refractivity contribution is 5.77. The van der Waals surface area contributed by atoms with E-state index in [0.717, 1.165) is 25.7 Å². The van der Waals surface area contributed by atoms with Gasteiger partial charge < -0.3 is 10.8 Å². The van der Waals surface area contributed by atoms with E-state index in [4.69, 9.17) is 10.8 Å². The highest BCUT2D eigenvalue weighted by atomic mass is 16.4. The lowest BCUT2D eigenvalue weighted by Gasteiger charge is -2.33. The molecule has 0 saturated heterocycles. The first-order chi connectivity index (χ1) is 12.5. The average Bonchev–Trinajstić information content (AvgIpc) is 2.54. The van der Waals surface area contributed by atoms with E-state index in [1.807, 2.05) is 36.4 Å². The van der Waals surface area contributed by atoms with Crippen LogP contribution in [0.5, 0.6) is 0 Å². The van der Waals surface area contributed by atoms with Crippen LogP contribution in [0.2, 0.25) is 0 Å². The Morgan fingerprint density at radius 3 is 1.46 bits per heavy atom. The summed E-state index contributed by atoms with van der Waals surface area (Å²) < 4.78 is 0. The van der Waals surface area contributed by atoms with Gasteiger partial charge in [0.15, 0.2) is 0 Å². The summed E-state index contributed by atoms with van der Waals surface area (Å²) in [6.07, 6.45) is 3.47. The van der Waals surface area contributed by atoms with Gasteiger partial charge in [-0.2, -0.15) is 0 Å². The van der Waals surface area contributed by atoms with E-state index in [-0.39, 0.29) is 17.7 Å². The first kappa shape index (κ1) is 18.2. The number of hydrogen-bond acceptors (Lipinski definition) is 2. The number of amides is 1. The number of carbonyl (C=O) groups excluding carboxylic acids is 1. The van der Waals surface area contributed by atoms with Crippen molar-refractivity contribution in [1.29, 1.82) is 0 Å². The van der Waals surface area contributed by atoms with E-state index in [0.29, 0.717) is 11.8 Å². The first-order valence-corrected chi connectivity index (χ1v) is 9.16. The maximum absolute atomic E-state index is 10.8. The molecule has 2 saturated carbocycles. The second-order valence-corrected chi connectivity index (χ2v) is 7.29. The molecular formula is C22H25NO3. The molecule has 0 unspecified atom stereocenters. The molecule has 2 fully saturated rings. The Morgan fingerprint density at radius 1 is 0.731 bits per heavy atom. The van der Waals surface area contributed by atoms with Crippen molar-refractivity contribution in [2.24, 2.45) is 17.6 Å². The number of carboxylic acids is 1. The zero-order chi connectivity index (χ0) is 18.5. The Bertz CT molecular complexity index is 667. The molecule has 0 aromatic heterocycles. The van der Waals surface area contributed by atoms with Crippen LogP contribution in [-0.2, 0) is 9.59 Å². The molecular weight excluding hydrogens is 326 g/mol. The van der Waals surface area contributed by atoms with E-state index < -0.39 is 5.97 Å². The summed E-state index contributed by atoms with van der Waals surface area (Å²) in [6.45, 7) is 0. The van der Waals surface area contributed by atoms with Crippen LogP contribution in [0.15, 0.2) is 60.7 Å². The number of rotatable bonds is 4. The van der Waals surface area contributed by atoms with Gasteiger partial charge in [0.05, 0.1) is 5.92 Å². The Kier molecular flexibility index (Phi) is 5.71. The first-order valence-electron chi connectivity index (χ1n) is 9.16. The lowest BCUT2D eigenvalue weighted by Crippen LogP contribution is -2.33.